The quantitative estimate of drug-likeness (QED) is 0.752. The highest BCUT2D eigenvalue weighted by atomic mass is 79.9. The SMILES string of the molecule is COc1ccc(C(c2ccc(Br)s2)N2CCCC2C(=O)O)c(OC)c1. The van der Waals surface area contributed by atoms with Crippen molar-refractivity contribution in [2.75, 3.05) is 20.8 Å². The number of likely N-dealkylation sites (tertiary alicyclic amines) is 1. The zero-order chi connectivity index (χ0) is 18.0. The van der Waals surface area contributed by atoms with Crippen LogP contribution in [0.3, 0.4) is 0 Å². The molecule has 7 heteroatoms. The van der Waals surface area contributed by atoms with E-state index in [1.807, 2.05) is 30.3 Å². The minimum Gasteiger partial charge on any atom is -0.497 e. The number of carboxylic acids is 1. The van der Waals surface area contributed by atoms with Crippen molar-refractivity contribution in [3.63, 3.8) is 0 Å². The lowest BCUT2D eigenvalue weighted by Crippen LogP contribution is -2.39. The second-order valence-corrected chi connectivity index (χ2v) is 8.38. The third-order valence-corrected chi connectivity index (χ3v) is 6.19. The number of methoxy groups -OCH3 is 2. The zero-order valence-electron chi connectivity index (χ0n) is 14.1. The maximum atomic E-state index is 11.7. The summed E-state index contributed by atoms with van der Waals surface area (Å²) in [6.45, 7) is 0.742. The molecule has 1 aliphatic heterocycles. The van der Waals surface area contributed by atoms with Crippen molar-refractivity contribution < 1.29 is 19.4 Å². The van der Waals surface area contributed by atoms with Gasteiger partial charge in [-0.15, -0.1) is 11.3 Å². The number of hydrogen-bond donors (Lipinski definition) is 1. The number of rotatable bonds is 6. The number of nitrogens with zero attached hydrogens (tertiary/aromatic N) is 1. The van der Waals surface area contributed by atoms with Crippen molar-refractivity contribution in [1.29, 1.82) is 0 Å². The lowest BCUT2D eigenvalue weighted by molar-refractivity contribution is -0.142. The first kappa shape index (κ1) is 18.2. The topological polar surface area (TPSA) is 59.0 Å². The van der Waals surface area contributed by atoms with E-state index in [4.69, 9.17) is 9.47 Å². The standard InChI is InChI=1S/C18H20BrNO4S/c1-23-11-5-6-12(14(10-11)24-2)17(15-7-8-16(19)25-15)20-9-3-4-13(20)18(21)22/h5-8,10,13,17H,3-4,9H2,1-2H3,(H,21,22). The fourth-order valence-corrected chi connectivity index (χ4v) is 4.94. The van der Waals surface area contributed by atoms with Gasteiger partial charge in [-0.1, -0.05) is 0 Å². The molecule has 1 N–H and O–H groups in total. The van der Waals surface area contributed by atoms with E-state index < -0.39 is 12.0 Å². The first-order valence-electron chi connectivity index (χ1n) is 8.01. The molecule has 2 aromatic rings. The second kappa shape index (κ2) is 7.76. The molecule has 0 amide bonds. The highest BCUT2D eigenvalue weighted by Gasteiger charge is 2.38. The second-order valence-electron chi connectivity index (χ2n) is 5.89. The highest BCUT2D eigenvalue weighted by molar-refractivity contribution is 9.11. The first-order chi connectivity index (χ1) is 12.0. The molecule has 1 fully saturated rings. The Hall–Kier alpha value is -1.57. The molecule has 1 aromatic carbocycles. The van der Waals surface area contributed by atoms with Crippen LogP contribution in [-0.2, 0) is 4.79 Å². The largest absolute Gasteiger partial charge is 0.497 e. The number of carboxylic acid groups (broad SMARTS) is 1. The van der Waals surface area contributed by atoms with Gasteiger partial charge in [0.05, 0.1) is 24.0 Å². The summed E-state index contributed by atoms with van der Waals surface area (Å²) in [5.41, 5.74) is 0.950. The van der Waals surface area contributed by atoms with Crippen LogP contribution in [0.4, 0.5) is 0 Å². The van der Waals surface area contributed by atoms with Crippen LogP contribution in [0.1, 0.15) is 29.3 Å². The normalized spacial score (nSPS) is 18.9. The van der Waals surface area contributed by atoms with Crippen LogP contribution in [0.15, 0.2) is 34.1 Å². The molecule has 0 bridgehead atoms. The molecular formula is C18H20BrNO4S. The summed E-state index contributed by atoms with van der Waals surface area (Å²) >= 11 is 5.13. The minimum atomic E-state index is -0.773. The lowest BCUT2D eigenvalue weighted by Gasteiger charge is -2.31. The summed E-state index contributed by atoms with van der Waals surface area (Å²) in [7, 11) is 3.24. The van der Waals surface area contributed by atoms with Crippen LogP contribution < -0.4 is 9.47 Å². The van der Waals surface area contributed by atoms with Gasteiger partial charge in [0, 0.05) is 23.1 Å². The van der Waals surface area contributed by atoms with Gasteiger partial charge in [0.1, 0.15) is 17.5 Å². The van der Waals surface area contributed by atoms with Gasteiger partial charge < -0.3 is 14.6 Å². The molecule has 1 aliphatic rings. The molecule has 2 heterocycles. The first-order valence-corrected chi connectivity index (χ1v) is 9.61. The zero-order valence-corrected chi connectivity index (χ0v) is 16.5. The third kappa shape index (κ3) is 3.68. The number of benzene rings is 1. The fourth-order valence-electron chi connectivity index (χ4n) is 3.38. The fraction of sp³-hybridized carbons (Fsp3) is 0.389. The molecule has 134 valence electrons. The van der Waals surface area contributed by atoms with Crippen molar-refractivity contribution in [3.8, 4) is 11.5 Å². The Kier molecular flexibility index (Phi) is 5.66. The summed E-state index contributed by atoms with van der Waals surface area (Å²) < 4.78 is 11.9. The average molecular weight is 426 g/mol. The van der Waals surface area contributed by atoms with E-state index in [-0.39, 0.29) is 6.04 Å². The van der Waals surface area contributed by atoms with Gasteiger partial charge in [0.15, 0.2) is 0 Å². The lowest BCUT2D eigenvalue weighted by atomic mass is 10.0. The van der Waals surface area contributed by atoms with E-state index in [9.17, 15) is 9.90 Å². The predicted molar refractivity (Wildman–Crippen MR) is 101 cm³/mol. The maximum absolute atomic E-state index is 11.7. The molecule has 1 saturated heterocycles. The Morgan fingerprint density at radius 2 is 2.12 bits per heavy atom. The third-order valence-electron chi connectivity index (χ3n) is 4.51. The Morgan fingerprint density at radius 3 is 2.72 bits per heavy atom. The molecule has 5 nitrogen and oxygen atoms in total. The van der Waals surface area contributed by atoms with Crippen molar-refractivity contribution in [2.24, 2.45) is 0 Å². The molecule has 25 heavy (non-hydrogen) atoms. The number of carbonyl (C=O) groups is 1. The summed E-state index contributed by atoms with van der Waals surface area (Å²) in [5.74, 6) is 0.637. The van der Waals surface area contributed by atoms with Crippen LogP contribution in [0.25, 0.3) is 0 Å². The van der Waals surface area contributed by atoms with Gasteiger partial charge in [0.2, 0.25) is 0 Å². The van der Waals surface area contributed by atoms with Gasteiger partial charge in [-0.3, -0.25) is 9.69 Å². The maximum Gasteiger partial charge on any atom is 0.320 e. The van der Waals surface area contributed by atoms with Crippen LogP contribution in [-0.4, -0.2) is 42.8 Å². The predicted octanol–water partition coefficient (Wildman–Crippen LogP) is 4.17. The van der Waals surface area contributed by atoms with Crippen molar-refractivity contribution in [3.05, 3.63) is 44.6 Å². The van der Waals surface area contributed by atoms with Crippen molar-refractivity contribution in [1.82, 2.24) is 4.90 Å². The minimum absolute atomic E-state index is 0.166. The van der Waals surface area contributed by atoms with E-state index in [1.165, 1.54) is 0 Å². The number of thiophene rings is 1. The molecular weight excluding hydrogens is 406 g/mol. The van der Waals surface area contributed by atoms with E-state index in [0.29, 0.717) is 17.9 Å². The van der Waals surface area contributed by atoms with E-state index >= 15 is 0 Å². The van der Waals surface area contributed by atoms with E-state index in [1.54, 1.807) is 25.6 Å². The summed E-state index contributed by atoms with van der Waals surface area (Å²) in [4.78, 5) is 14.9. The van der Waals surface area contributed by atoms with Crippen molar-refractivity contribution >= 4 is 33.2 Å². The van der Waals surface area contributed by atoms with Gasteiger partial charge >= 0.3 is 5.97 Å². The average Bonchev–Trinajstić information content (AvgIpc) is 3.25. The molecule has 0 radical (unpaired) electrons. The van der Waals surface area contributed by atoms with Crippen LogP contribution in [0.2, 0.25) is 0 Å². The molecule has 2 unspecified atom stereocenters. The highest BCUT2D eigenvalue weighted by Crippen LogP contribution is 2.43. The Labute approximate surface area is 159 Å². The Balaban J connectivity index is 2.10. The Morgan fingerprint density at radius 1 is 1.32 bits per heavy atom. The molecule has 3 rings (SSSR count). The molecule has 0 saturated carbocycles. The number of aliphatic carboxylic acids is 1. The molecule has 1 aromatic heterocycles. The smallest absolute Gasteiger partial charge is 0.320 e. The number of ether oxygens (including phenoxy) is 2. The number of halogens is 1. The molecule has 0 aliphatic carbocycles. The molecule has 0 spiro atoms. The van der Waals surface area contributed by atoms with Gasteiger partial charge in [-0.05, 0) is 53.0 Å². The van der Waals surface area contributed by atoms with E-state index in [0.717, 1.165) is 27.2 Å². The van der Waals surface area contributed by atoms with Gasteiger partial charge in [-0.2, -0.15) is 0 Å². The summed E-state index contributed by atoms with van der Waals surface area (Å²) in [5, 5.41) is 9.64. The summed E-state index contributed by atoms with van der Waals surface area (Å²) in [6, 6.07) is 9.08. The number of hydrogen-bond acceptors (Lipinski definition) is 5. The summed E-state index contributed by atoms with van der Waals surface area (Å²) in [6.07, 6.45) is 1.54. The van der Waals surface area contributed by atoms with Crippen LogP contribution >= 0.6 is 27.3 Å². The van der Waals surface area contributed by atoms with Gasteiger partial charge in [-0.25, -0.2) is 0 Å². The van der Waals surface area contributed by atoms with Crippen LogP contribution in [0.5, 0.6) is 11.5 Å². The Bertz CT molecular complexity index is 763. The van der Waals surface area contributed by atoms with Crippen molar-refractivity contribution in [2.45, 2.75) is 24.9 Å². The monoisotopic (exact) mass is 425 g/mol. The van der Waals surface area contributed by atoms with Crippen LogP contribution in [0, 0.1) is 0 Å². The molecule has 2 atom stereocenters. The van der Waals surface area contributed by atoms with Gasteiger partial charge in [0.25, 0.3) is 0 Å². The van der Waals surface area contributed by atoms with E-state index in [2.05, 4.69) is 20.8 Å².